The Morgan fingerprint density at radius 1 is 1.27 bits per heavy atom. The fourth-order valence-electron chi connectivity index (χ4n) is 4.01. The van der Waals surface area contributed by atoms with Gasteiger partial charge in [0, 0.05) is 38.2 Å². The van der Waals surface area contributed by atoms with Crippen molar-refractivity contribution in [1.29, 1.82) is 0 Å². The van der Waals surface area contributed by atoms with Gasteiger partial charge in [0.15, 0.2) is 5.65 Å². The molecule has 22 heavy (non-hydrogen) atoms. The normalized spacial score (nSPS) is 22.8. The summed E-state index contributed by atoms with van der Waals surface area (Å²) in [6.45, 7) is 1.68. The van der Waals surface area contributed by atoms with Crippen molar-refractivity contribution in [3.8, 4) is 0 Å². The zero-order valence-electron chi connectivity index (χ0n) is 13.0. The van der Waals surface area contributed by atoms with Gasteiger partial charge < -0.3 is 9.47 Å². The molecule has 2 fully saturated rings. The van der Waals surface area contributed by atoms with Crippen LogP contribution < -0.4 is 0 Å². The molecular formula is C17H22N4O. The third-order valence-electron chi connectivity index (χ3n) is 5.23. The molecule has 2 aromatic heterocycles. The molecule has 0 aromatic carbocycles. The predicted octanol–water partition coefficient (Wildman–Crippen LogP) is 2.47. The second-order valence-corrected chi connectivity index (χ2v) is 6.63. The molecular weight excluding hydrogens is 276 g/mol. The smallest absolute Gasteiger partial charge is 0.225 e. The number of imidazole rings is 1. The number of aryl methyl sites for hydroxylation is 1. The summed E-state index contributed by atoms with van der Waals surface area (Å²) < 4.78 is 2.09. The molecule has 1 aliphatic heterocycles. The Bertz CT molecular complexity index is 702. The number of carbonyl (C=O) groups excluding carboxylic acids is 1. The number of amides is 1. The minimum Gasteiger partial charge on any atom is -0.342 e. The first-order chi connectivity index (χ1) is 10.7. The van der Waals surface area contributed by atoms with Crippen LogP contribution in [-0.4, -0.2) is 38.4 Å². The van der Waals surface area contributed by atoms with Crippen LogP contribution in [0.2, 0.25) is 0 Å². The van der Waals surface area contributed by atoms with Crippen molar-refractivity contribution in [2.45, 2.75) is 38.0 Å². The summed E-state index contributed by atoms with van der Waals surface area (Å²) in [6.07, 6.45) is 7.40. The lowest BCUT2D eigenvalue weighted by atomic mass is 10.1. The SMILES string of the molecule is Cn1c([C@H]2CCN(C(=O)C3CCCC3)C2)nc2cccnc21. The van der Waals surface area contributed by atoms with E-state index >= 15 is 0 Å². The molecule has 116 valence electrons. The minimum atomic E-state index is 0.279. The number of hydrogen-bond donors (Lipinski definition) is 0. The first-order valence-electron chi connectivity index (χ1n) is 8.30. The van der Waals surface area contributed by atoms with Crippen molar-refractivity contribution in [2.24, 2.45) is 13.0 Å². The monoisotopic (exact) mass is 298 g/mol. The molecule has 2 aliphatic rings. The molecule has 5 nitrogen and oxygen atoms in total. The van der Waals surface area contributed by atoms with Crippen molar-refractivity contribution in [3.05, 3.63) is 24.2 Å². The third kappa shape index (κ3) is 2.19. The third-order valence-corrected chi connectivity index (χ3v) is 5.23. The molecule has 3 heterocycles. The van der Waals surface area contributed by atoms with Gasteiger partial charge in [0.25, 0.3) is 0 Å². The highest BCUT2D eigenvalue weighted by atomic mass is 16.2. The maximum atomic E-state index is 12.6. The molecule has 1 aliphatic carbocycles. The largest absolute Gasteiger partial charge is 0.342 e. The molecule has 4 rings (SSSR count). The molecule has 1 saturated carbocycles. The lowest BCUT2D eigenvalue weighted by Gasteiger charge is -2.20. The Morgan fingerprint density at radius 2 is 2.09 bits per heavy atom. The number of nitrogens with zero attached hydrogens (tertiary/aromatic N) is 4. The number of fused-ring (bicyclic) bond motifs is 1. The van der Waals surface area contributed by atoms with Gasteiger partial charge in [-0.2, -0.15) is 0 Å². The maximum Gasteiger partial charge on any atom is 0.225 e. The molecule has 1 amide bonds. The zero-order valence-corrected chi connectivity index (χ0v) is 13.0. The summed E-state index contributed by atoms with van der Waals surface area (Å²) in [5, 5.41) is 0. The van der Waals surface area contributed by atoms with Gasteiger partial charge in [0.2, 0.25) is 5.91 Å². The van der Waals surface area contributed by atoms with Crippen molar-refractivity contribution in [1.82, 2.24) is 19.4 Å². The molecule has 0 bridgehead atoms. The van der Waals surface area contributed by atoms with E-state index in [0.29, 0.717) is 11.8 Å². The number of aromatic nitrogens is 3. The van der Waals surface area contributed by atoms with E-state index < -0.39 is 0 Å². The highest BCUT2D eigenvalue weighted by molar-refractivity contribution is 5.79. The molecule has 5 heteroatoms. The van der Waals surface area contributed by atoms with Crippen LogP contribution in [0.4, 0.5) is 0 Å². The van der Waals surface area contributed by atoms with E-state index in [0.717, 1.165) is 49.3 Å². The summed E-state index contributed by atoms with van der Waals surface area (Å²) in [6, 6.07) is 3.92. The number of likely N-dealkylation sites (tertiary alicyclic amines) is 1. The number of rotatable bonds is 2. The summed E-state index contributed by atoms with van der Waals surface area (Å²) >= 11 is 0. The van der Waals surface area contributed by atoms with Crippen LogP contribution in [0.25, 0.3) is 11.2 Å². The van der Waals surface area contributed by atoms with E-state index in [1.165, 1.54) is 12.8 Å². The van der Waals surface area contributed by atoms with Crippen molar-refractivity contribution in [3.63, 3.8) is 0 Å². The van der Waals surface area contributed by atoms with Crippen LogP contribution in [0, 0.1) is 5.92 Å². The standard InChI is InChI=1S/C17H22N4O/c1-20-15(19-14-7-4-9-18-16(14)20)13-8-10-21(11-13)17(22)12-5-2-3-6-12/h4,7,9,12-13H,2-3,5-6,8,10-11H2,1H3/t13-/m0/s1. The highest BCUT2D eigenvalue weighted by Gasteiger charge is 2.34. The summed E-state index contributed by atoms with van der Waals surface area (Å²) in [7, 11) is 2.03. The summed E-state index contributed by atoms with van der Waals surface area (Å²) in [4.78, 5) is 23.8. The van der Waals surface area contributed by atoms with Gasteiger partial charge in [-0.3, -0.25) is 4.79 Å². The van der Waals surface area contributed by atoms with Gasteiger partial charge in [-0.05, 0) is 31.4 Å². The summed E-state index contributed by atoms with van der Waals surface area (Å²) in [5.74, 6) is 2.05. The zero-order chi connectivity index (χ0) is 15.1. The molecule has 0 unspecified atom stereocenters. The van der Waals surface area contributed by atoms with E-state index in [-0.39, 0.29) is 5.92 Å². The van der Waals surface area contributed by atoms with Crippen LogP contribution in [-0.2, 0) is 11.8 Å². The molecule has 0 spiro atoms. The fraction of sp³-hybridized carbons (Fsp3) is 0.588. The number of pyridine rings is 1. The lowest BCUT2D eigenvalue weighted by molar-refractivity contribution is -0.134. The predicted molar refractivity (Wildman–Crippen MR) is 84.4 cm³/mol. The van der Waals surface area contributed by atoms with Crippen LogP contribution in [0.5, 0.6) is 0 Å². The molecule has 2 aromatic rings. The topological polar surface area (TPSA) is 51.0 Å². The molecule has 0 radical (unpaired) electrons. The number of hydrogen-bond acceptors (Lipinski definition) is 3. The highest BCUT2D eigenvalue weighted by Crippen LogP contribution is 2.32. The van der Waals surface area contributed by atoms with Gasteiger partial charge in [0.05, 0.1) is 0 Å². The second kappa shape index (κ2) is 5.38. The average Bonchev–Trinajstić information content (AvgIpc) is 3.27. The Kier molecular flexibility index (Phi) is 3.36. The Balaban J connectivity index is 1.54. The molecule has 0 N–H and O–H groups in total. The second-order valence-electron chi connectivity index (χ2n) is 6.63. The molecule has 1 atom stereocenters. The van der Waals surface area contributed by atoms with Gasteiger partial charge >= 0.3 is 0 Å². The Morgan fingerprint density at radius 3 is 2.86 bits per heavy atom. The fourth-order valence-corrected chi connectivity index (χ4v) is 4.01. The van der Waals surface area contributed by atoms with E-state index in [4.69, 9.17) is 4.98 Å². The summed E-state index contributed by atoms with van der Waals surface area (Å²) in [5.41, 5.74) is 1.87. The minimum absolute atomic E-state index is 0.279. The maximum absolute atomic E-state index is 12.6. The average molecular weight is 298 g/mol. The lowest BCUT2D eigenvalue weighted by Crippen LogP contribution is -2.33. The van der Waals surface area contributed by atoms with Crippen molar-refractivity contribution >= 4 is 17.1 Å². The van der Waals surface area contributed by atoms with Crippen LogP contribution in [0.3, 0.4) is 0 Å². The van der Waals surface area contributed by atoms with E-state index in [2.05, 4.69) is 14.5 Å². The van der Waals surface area contributed by atoms with Gasteiger partial charge in [-0.25, -0.2) is 9.97 Å². The van der Waals surface area contributed by atoms with Gasteiger partial charge in [-0.1, -0.05) is 12.8 Å². The Hall–Kier alpha value is -1.91. The van der Waals surface area contributed by atoms with E-state index in [1.807, 2.05) is 19.2 Å². The first kappa shape index (κ1) is 13.7. The van der Waals surface area contributed by atoms with Crippen LogP contribution in [0.15, 0.2) is 18.3 Å². The van der Waals surface area contributed by atoms with Gasteiger partial charge in [-0.15, -0.1) is 0 Å². The van der Waals surface area contributed by atoms with Crippen LogP contribution in [0.1, 0.15) is 43.8 Å². The Labute approximate surface area is 130 Å². The first-order valence-corrected chi connectivity index (χ1v) is 8.30. The number of carbonyl (C=O) groups is 1. The van der Waals surface area contributed by atoms with E-state index in [1.54, 1.807) is 6.20 Å². The quantitative estimate of drug-likeness (QED) is 0.856. The van der Waals surface area contributed by atoms with Crippen molar-refractivity contribution < 1.29 is 4.79 Å². The van der Waals surface area contributed by atoms with E-state index in [9.17, 15) is 4.79 Å². The van der Waals surface area contributed by atoms with Crippen LogP contribution >= 0.6 is 0 Å². The van der Waals surface area contributed by atoms with Gasteiger partial charge in [0.1, 0.15) is 11.3 Å². The molecule has 1 saturated heterocycles. The van der Waals surface area contributed by atoms with Crippen molar-refractivity contribution in [2.75, 3.05) is 13.1 Å².